The van der Waals surface area contributed by atoms with Gasteiger partial charge in [-0.15, -0.1) is 0 Å². The first-order chi connectivity index (χ1) is 7.79. The molecule has 1 rings (SSSR count). The van der Waals surface area contributed by atoms with Crippen LogP contribution in [0.5, 0.6) is 0 Å². The first kappa shape index (κ1) is 14.0. The average Bonchev–Trinajstić information content (AvgIpc) is 2.27. The first-order valence-electron chi connectivity index (χ1n) is 5.94. The molecule has 0 atom stereocenters. The van der Waals surface area contributed by atoms with Crippen LogP contribution in [-0.2, 0) is 0 Å². The van der Waals surface area contributed by atoms with Crippen molar-refractivity contribution in [3.63, 3.8) is 0 Å². The maximum absolute atomic E-state index is 5.79. The Labute approximate surface area is 110 Å². The Kier molecular flexibility index (Phi) is 4.15. The molecule has 1 aromatic carbocycles. The van der Waals surface area contributed by atoms with Crippen LogP contribution in [0.3, 0.4) is 0 Å². The summed E-state index contributed by atoms with van der Waals surface area (Å²) in [5, 5.41) is 0. The van der Waals surface area contributed by atoms with Gasteiger partial charge in [-0.3, -0.25) is 0 Å². The number of benzene rings is 1. The van der Waals surface area contributed by atoms with Gasteiger partial charge in [0.05, 0.1) is 0 Å². The zero-order chi connectivity index (χ0) is 13.2. The highest BCUT2D eigenvalue weighted by Crippen LogP contribution is 2.28. The number of nitrogens with zero attached hydrogens (tertiary/aromatic N) is 1. The molecule has 0 aliphatic rings. The lowest BCUT2D eigenvalue weighted by atomic mass is 9.97. The Morgan fingerprint density at radius 1 is 1.41 bits per heavy atom. The second-order valence-electron chi connectivity index (χ2n) is 5.11. The van der Waals surface area contributed by atoms with Crippen LogP contribution in [0.1, 0.15) is 38.3 Å². The highest BCUT2D eigenvalue weighted by atomic mass is 32.1. The molecule has 2 N–H and O–H groups in total. The molecule has 0 aliphatic heterocycles. The Morgan fingerprint density at radius 3 is 2.47 bits per heavy atom. The fraction of sp³-hybridized carbons (Fsp3) is 0.500. The van der Waals surface area contributed by atoms with Crippen molar-refractivity contribution in [1.29, 1.82) is 0 Å². The molecule has 0 amide bonds. The van der Waals surface area contributed by atoms with Gasteiger partial charge in [0.1, 0.15) is 4.99 Å². The molecule has 0 fully saturated rings. The van der Waals surface area contributed by atoms with E-state index in [1.165, 1.54) is 5.56 Å². The standard InChI is InChI=1S/C14H22N2S/c1-6-14(3,4)16(5)12-9-10(2)7-8-11(12)13(15)17/h7-9H,6H2,1-5H3,(H2,15,17). The Hall–Kier alpha value is -1.09. The van der Waals surface area contributed by atoms with E-state index in [0.29, 0.717) is 4.99 Å². The smallest absolute Gasteiger partial charge is 0.106 e. The third kappa shape index (κ3) is 2.97. The van der Waals surface area contributed by atoms with Crippen molar-refractivity contribution in [1.82, 2.24) is 0 Å². The lowest BCUT2D eigenvalue weighted by Gasteiger charge is -2.38. The zero-order valence-electron chi connectivity index (χ0n) is 11.4. The minimum atomic E-state index is 0.0906. The summed E-state index contributed by atoms with van der Waals surface area (Å²) in [7, 11) is 2.10. The summed E-state index contributed by atoms with van der Waals surface area (Å²) in [6.45, 7) is 8.71. The van der Waals surface area contributed by atoms with Crippen molar-refractivity contribution >= 4 is 22.9 Å². The fourth-order valence-electron chi connectivity index (χ4n) is 1.69. The maximum atomic E-state index is 5.79. The quantitative estimate of drug-likeness (QED) is 0.832. The lowest BCUT2D eigenvalue weighted by molar-refractivity contribution is 0.470. The van der Waals surface area contributed by atoms with E-state index in [2.05, 4.69) is 45.7 Å². The van der Waals surface area contributed by atoms with E-state index in [4.69, 9.17) is 18.0 Å². The Balaban J connectivity index is 3.29. The van der Waals surface area contributed by atoms with Crippen LogP contribution in [0, 0.1) is 6.92 Å². The van der Waals surface area contributed by atoms with Gasteiger partial charge in [-0.25, -0.2) is 0 Å². The molecule has 0 aliphatic carbocycles. The molecular weight excluding hydrogens is 228 g/mol. The van der Waals surface area contributed by atoms with Crippen molar-refractivity contribution in [2.24, 2.45) is 5.73 Å². The van der Waals surface area contributed by atoms with E-state index < -0.39 is 0 Å². The van der Waals surface area contributed by atoms with Gasteiger partial charge >= 0.3 is 0 Å². The van der Waals surface area contributed by atoms with Crippen molar-refractivity contribution in [2.45, 2.75) is 39.7 Å². The normalized spacial score (nSPS) is 11.4. The number of aryl methyl sites for hydroxylation is 1. The van der Waals surface area contributed by atoms with E-state index in [9.17, 15) is 0 Å². The van der Waals surface area contributed by atoms with Crippen LogP contribution in [0.25, 0.3) is 0 Å². The Bertz CT molecular complexity index is 424. The minimum absolute atomic E-state index is 0.0906. The summed E-state index contributed by atoms with van der Waals surface area (Å²) in [5.41, 5.74) is 9.17. The highest BCUT2D eigenvalue weighted by molar-refractivity contribution is 7.80. The number of hydrogen-bond acceptors (Lipinski definition) is 2. The van der Waals surface area contributed by atoms with Gasteiger partial charge in [-0.05, 0) is 44.9 Å². The molecule has 0 saturated carbocycles. The van der Waals surface area contributed by atoms with Gasteiger partial charge in [0.15, 0.2) is 0 Å². The number of anilines is 1. The van der Waals surface area contributed by atoms with Crippen molar-refractivity contribution in [3.05, 3.63) is 29.3 Å². The van der Waals surface area contributed by atoms with Gasteiger partial charge in [0.25, 0.3) is 0 Å². The molecule has 0 heterocycles. The number of thiocarbonyl (C=S) groups is 1. The topological polar surface area (TPSA) is 29.3 Å². The molecule has 0 saturated heterocycles. The van der Waals surface area contributed by atoms with E-state index in [1.54, 1.807) is 0 Å². The monoisotopic (exact) mass is 250 g/mol. The molecule has 94 valence electrons. The van der Waals surface area contributed by atoms with Crippen LogP contribution in [-0.4, -0.2) is 17.6 Å². The predicted molar refractivity (Wildman–Crippen MR) is 79.8 cm³/mol. The summed E-state index contributed by atoms with van der Waals surface area (Å²) in [5.74, 6) is 0. The van der Waals surface area contributed by atoms with Crippen LogP contribution in [0.4, 0.5) is 5.69 Å². The largest absolute Gasteiger partial charge is 0.389 e. The van der Waals surface area contributed by atoms with Crippen molar-refractivity contribution in [2.75, 3.05) is 11.9 Å². The van der Waals surface area contributed by atoms with Gasteiger partial charge in [-0.2, -0.15) is 0 Å². The van der Waals surface area contributed by atoms with Crippen LogP contribution >= 0.6 is 12.2 Å². The average molecular weight is 250 g/mol. The molecule has 2 nitrogen and oxygen atoms in total. The second-order valence-corrected chi connectivity index (χ2v) is 5.55. The van der Waals surface area contributed by atoms with E-state index in [-0.39, 0.29) is 5.54 Å². The fourth-order valence-corrected chi connectivity index (χ4v) is 1.86. The second kappa shape index (κ2) is 5.05. The summed E-state index contributed by atoms with van der Waals surface area (Å²) in [4.78, 5) is 2.72. The number of nitrogens with two attached hydrogens (primary N) is 1. The van der Waals surface area contributed by atoms with E-state index >= 15 is 0 Å². The van der Waals surface area contributed by atoms with Gasteiger partial charge in [0.2, 0.25) is 0 Å². The summed E-state index contributed by atoms with van der Waals surface area (Å²) < 4.78 is 0. The van der Waals surface area contributed by atoms with Crippen molar-refractivity contribution in [3.8, 4) is 0 Å². The molecule has 3 heteroatoms. The van der Waals surface area contributed by atoms with Crippen LogP contribution in [0.2, 0.25) is 0 Å². The summed E-state index contributed by atoms with van der Waals surface area (Å²) in [6.07, 6.45) is 1.06. The van der Waals surface area contributed by atoms with Gasteiger partial charge in [-0.1, -0.05) is 25.2 Å². The van der Waals surface area contributed by atoms with Gasteiger partial charge < -0.3 is 10.6 Å². The zero-order valence-corrected chi connectivity index (χ0v) is 12.2. The van der Waals surface area contributed by atoms with Crippen LogP contribution < -0.4 is 10.6 Å². The minimum Gasteiger partial charge on any atom is -0.389 e. The lowest BCUT2D eigenvalue weighted by Crippen LogP contribution is -2.41. The molecule has 17 heavy (non-hydrogen) atoms. The highest BCUT2D eigenvalue weighted by Gasteiger charge is 2.23. The molecule has 0 spiro atoms. The van der Waals surface area contributed by atoms with E-state index in [0.717, 1.165) is 17.7 Å². The SMILES string of the molecule is CCC(C)(C)N(C)c1cc(C)ccc1C(N)=S. The van der Waals surface area contributed by atoms with E-state index in [1.807, 2.05) is 12.1 Å². The third-order valence-corrected chi connectivity index (χ3v) is 3.77. The number of rotatable bonds is 4. The molecule has 0 aromatic heterocycles. The van der Waals surface area contributed by atoms with Crippen molar-refractivity contribution < 1.29 is 0 Å². The number of hydrogen-bond donors (Lipinski definition) is 1. The maximum Gasteiger partial charge on any atom is 0.106 e. The molecule has 0 radical (unpaired) electrons. The molecular formula is C14H22N2S. The van der Waals surface area contributed by atoms with Gasteiger partial charge in [0, 0.05) is 23.8 Å². The molecule has 0 bridgehead atoms. The summed E-state index contributed by atoms with van der Waals surface area (Å²) >= 11 is 5.12. The predicted octanol–water partition coefficient (Wildman–Crippen LogP) is 3.25. The first-order valence-corrected chi connectivity index (χ1v) is 6.34. The Morgan fingerprint density at radius 2 is 2.00 bits per heavy atom. The molecule has 1 aromatic rings. The third-order valence-electron chi connectivity index (χ3n) is 3.55. The van der Waals surface area contributed by atoms with Crippen LogP contribution in [0.15, 0.2) is 18.2 Å². The summed E-state index contributed by atoms with van der Waals surface area (Å²) in [6, 6.07) is 6.20. The molecule has 0 unspecified atom stereocenters.